The smallest absolute Gasteiger partial charge is 0.227 e. The number of hydrogen-bond donors (Lipinski definition) is 0. The fraction of sp³-hybridized carbons (Fsp3) is 0. The van der Waals surface area contributed by atoms with Gasteiger partial charge in [0.15, 0.2) is 5.58 Å². The number of aromatic nitrogens is 1. The lowest BCUT2D eigenvalue weighted by atomic mass is 10.1. The lowest BCUT2D eigenvalue weighted by Gasteiger charge is -1.92. The normalized spacial score (nSPS) is 11.7. The molecule has 0 radical (unpaired) electrons. The fourth-order valence-corrected chi connectivity index (χ4v) is 3.04. The Morgan fingerprint density at radius 2 is 1.57 bits per heavy atom. The van der Waals surface area contributed by atoms with E-state index in [1.54, 1.807) is 0 Å². The van der Waals surface area contributed by atoms with Crippen LogP contribution in [0.15, 0.2) is 69.5 Å². The molecule has 3 nitrogen and oxygen atoms in total. The van der Waals surface area contributed by atoms with Crippen molar-refractivity contribution < 1.29 is 8.83 Å². The molecule has 2 heterocycles. The first-order valence-corrected chi connectivity index (χ1v) is 7.63. The van der Waals surface area contributed by atoms with Crippen LogP contribution in [-0.2, 0) is 0 Å². The third kappa shape index (κ3) is 1.94. The number of halogens is 1. The van der Waals surface area contributed by atoms with Crippen molar-refractivity contribution in [2.75, 3.05) is 0 Å². The standard InChI is InChI=1S/C19H10ClNO2/c20-12-6-7-13-14-9-18-15(10-17(14)22-16(13)8-12)21-19(23-18)11-4-2-1-3-5-11/h1-10H. The summed E-state index contributed by atoms with van der Waals surface area (Å²) in [7, 11) is 0. The molecule has 0 aliphatic heterocycles. The summed E-state index contributed by atoms with van der Waals surface area (Å²) < 4.78 is 11.8. The second-order valence-corrected chi connectivity index (χ2v) is 5.88. The Labute approximate surface area is 136 Å². The van der Waals surface area contributed by atoms with Gasteiger partial charge in [-0.1, -0.05) is 29.8 Å². The summed E-state index contributed by atoms with van der Waals surface area (Å²) in [6.07, 6.45) is 0. The third-order valence-corrected chi connectivity index (χ3v) is 4.20. The molecule has 4 heteroatoms. The average Bonchev–Trinajstić information content (AvgIpc) is 3.13. The molecule has 0 aliphatic rings. The van der Waals surface area contributed by atoms with Gasteiger partial charge in [-0.25, -0.2) is 4.98 Å². The lowest BCUT2D eigenvalue weighted by molar-refractivity contribution is 0.620. The minimum Gasteiger partial charge on any atom is -0.456 e. The Balaban J connectivity index is 1.79. The number of hydrogen-bond acceptors (Lipinski definition) is 3. The van der Waals surface area contributed by atoms with Crippen molar-refractivity contribution in [3.63, 3.8) is 0 Å². The van der Waals surface area contributed by atoms with Gasteiger partial charge < -0.3 is 8.83 Å². The highest BCUT2D eigenvalue weighted by molar-refractivity contribution is 6.31. The molecule has 5 rings (SSSR count). The van der Waals surface area contributed by atoms with Crippen LogP contribution in [0.25, 0.3) is 44.5 Å². The fourth-order valence-electron chi connectivity index (χ4n) is 2.88. The highest BCUT2D eigenvalue weighted by Crippen LogP contribution is 2.34. The van der Waals surface area contributed by atoms with E-state index >= 15 is 0 Å². The van der Waals surface area contributed by atoms with E-state index in [2.05, 4.69) is 4.98 Å². The summed E-state index contributed by atoms with van der Waals surface area (Å²) in [5.74, 6) is 0.612. The first-order chi connectivity index (χ1) is 11.3. The van der Waals surface area contributed by atoms with E-state index in [-0.39, 0.29) is 0 Å². The molecule has 0 aliphatic carbocycles. The molecule has 0 fully saturated rings. The number of nitrogens with zero attached hydrogens (tertiary/aromatic N) is 1. The Bertz CT molecular complexity index is 1170. The van der Waals surface area contributed by atoms with Gasteiger partial charge in [0.25, 0.3) is 0 Å². The molecule has 0 spiro atoms. The van der Waals surface area contributed by atoms with Crippen LogP contribution < -0.4 is 0 Å². The zero-order chi connectivity index (χ0) is 15.4. The highest BCUT2D eigenvalue weighted by atomic mass is 35.5. The molecule has 0 unspecified atom stereocenters. The summed E-state index contributed by atoms with van der Waals surface area (Å²) in [6.45, 7) is 0. The summed E-state index contributed by atoms with van der Waals surface area (Å²) in [5, 5.41) is 2.67. The van der Waals surface area contributed by atoms with Crippen molar-refractivity contribution in [2.24, 2.45) is 0 Å². The topological polar surface area (TPSA) is 39.2 Å². The molecule has 0 atom stereocenters. The predicted molar refractivity (Wildman–Crippen MR) is 91.7 cm³/mol. The zero-order valence-corrected chi connectivity index (χ0v) is 12.7. The first-order valence-electron chi connectivity index (χ1n) is 7.26. The van der Waals surface area contributed by atoms with E-state index in [1.165, 1.54) is 0 Å². The van der Waals surface area contributed by atoms with Crippen LogP contribution in [0, 0.1) is 0 Å². The molecule has 2 aromatic heterocycles. The maximum atomic E-state index is 6.03. The maximum absolute atomic E-state index is 6.03. The number of fused-ring (bicyclic) bond motifs is 4. The molecule has 23 heavy (non-hydrogen) atoms. The van der Waals surface area contributed by atoms with Crippen molar-refractivity contribution in [1.29, 1.82) is 0 Å². The lowest BCUT2D eigenvalue weighted by Crippen LogP contribution is -1.74. The van der Waals surface area contributed by atoms with Crippen molar-refractivity contribution in [1.82, 2.24) is 4.98 Å². The van der Waals surface area contributed by atoms with Crippen molar-refractivity contribution >= 4 is 44.6 Å². The van der Waals surface area contributed by atoms with Gasteiger partial charge in [0.1, 0.15) is 16.7 Å². The highest BCUT2D eigenvalue weighted by Gasteiger charge is 2.13. The SMILES string of the molecule is Clc1ccc2c(c1)oc1cc3nc(-c4ccccc4)oc3cc12. The molecular weight excluding hydrogens is 310 g/mol. The summed E-state index contributed by atoms with van der Waals surface area (Å²) in [4.78, 5) is 4.57. The Kier molecular flexibility index (Phi) is 2.55. The second-order valence-electron chi connectivity index (χ2n) is 5.44. The molecule has 110 valence electrons. The van der Waals surface area contributed by atoms with E-state index in [1.807, 2.05) is 60.7 Å². The number of benzene rings is 3. The van der Waals surface area contributed by atoms with E-state index in [0.717, 1.165) is 38.6 Å². The van der Waals surface area contributed by atoms with E-state index < -0.39 is 0 Å². The summed E-state index contributed by atoms with van der Waals surface area (Å²) >= 11 is 6.03. The Morgan fingerprint density at radius 1 is 0.739 bits per heavy atom. The van der Waals surface area contributed by atoms with Crippen molar-refractivity contribution in [3.8, 4) is 11.5 Å². The van der Waals surface area contributed by atoms with Gasteiger partial charge in [0, 0.05) is 33.5 Å². The molecular formula is C19H10ClNO2. The molecule has 0 N–H and O–H groups in total. The largest absolute Gasteiger partial charge is 0.456 e. The van der Waals surface area contributed by atoms with Gasteiger partial charge in [-0.3, -0.25) is 0 Å². The zero-order valence-electron chi connectivity index (χ0n) is 11.9. The van der Waals surface area contributed by atoms with Gasteiger partial charge in [-0.15, -0.1) is 0 Å². The minimum atomic E-state index is 0.612. The third-order valence-electron chi connectivity index (χ3n) is 3.96. The second kappa shape index (κ2) is 4.61. The van der Waals surface area contributed by atoms with Gasteiger partial charge in [0.2, 0.25) is 5.89 Å². The van der Waals surface area contributed by atoms with Gasteiger partial charge >= 0.3 is 0 Å². The summed E-state index contributed by atoms with van der Waals surface area (Å²) in [5.41, 5.74) is 4.03. The Hall–Kier alpha value is -2.78. The van der Waals surface area contributed by atoms with Crippen LogP contribution in [-0.4, -0.2) is 4.98 Å². The average molecular weight is 320 g/mol. The molecule has 0 saturated heterocycles. The van der Waals surface area contributed by atoms with Crippen LogP contribution in [0.3, 0.4) is 0 Å². The van der Waals surface area contributed by atoms with Gasteiger partial charge in [-0.2, -0.15) is 0 Å². The van der Waals surface area contributed by atoms with Crippen LogP contribution in [0.4, 0.5) is 0 Å². The van der Waals surface area contributed by atoms with Gasteiger partial charge in [-0.05, 0) is 30.3 Å². The Morgan fingerprint density at radius 3 is 2.43 bits per heavy atom. The van der Waals surface area contributed by atoms with Crippen LogP contribution >= 0.6 is 11.6 Å². The van der Waals surface area contributed by atoms with Gasteiger partial charge in [0.05, 0.1) is 0 Å². The van der Waals surface area contributed by atoms with Crippen LogP contribution in [0.2, 0.25) is 5.02 Å². The molecule has 0 amide bonds. The number of oxazole rings is 1. The van der Waals surface area contributed by atoms with Crippen LogP contribution in [0.5, 0.6) is 0 Å². The molecule has 0 bridgehead atoms. The van der Waals surface area contributed by atoms with Crippen molar-refractivity contribution in [2.45, 2.75) is 0 Å². The van der Waals surface area contributed by atoms with E-state index in [9.17, 15) is 0 Å². The number of furan rings is 1. The quantitative estimate of drug-likeness (QED) is 0.377. The molecule has 3 aromatic carbocycles. The molecule has 0 saturated carbocycles. The molecule has 5 aromatic rings. The first kappa shape index (κ1) is 12.7. The summed E-state index contributed by atoms with van der Waals surface area (Å²) in [6, 6.07) is 19.4. The number of rotatable bonds is 1. The minimum absolute atomic E-state index is 0.612. The van der Waals surface area contributed by atoms with E-state index in [4.69, 9.17) is 20.4 Å². The van der Waals surface area contributed by atoms with E-state index in [0.29, 0.717) is 10.9 Å². The van der Waals surface area contributed by atoms with Crippen molar-refractivity contribution in [3.05, 3.63) is 65.7 Å². The maximum Gasteiger partial charge on any atom is 0.227 e. The monoisotopic (exact) mass is 319 g/mol. The predicted octanol–water partition coefficient (Wildman–Crippen LogP) is 6.05. The van der Waals surface area contributed by atoms with Crippen LogP contribution in [0.1, 0.15) is 0 Å².